The number of benzene rings is 1. The molecule has 0 fully saturated rings. The van der Waals surface area contributed by atoms with Crippen LogP contribution in [0.1, 0.15) is 18.1 Å². The molecule has 0 N–H and O–H groups in total. The van der Waals surface area contributed by atoms with Crippen molar-refractivity contribution in [3.8, 4) is 0 Å². The van der Waals surface area contributed by atoms with Gasteiger partial charge in [-0.15, -0.1) is 0 Å². The van der Waals surface area contributed by atoms with Crippen molar-refractivity contribution < 1.29 is 14.0 Å². The summed E-state index contributed by atoms with van der Waals surface area (Å²) >= 11 is 0. The molecule has 2 heterocycles. The molecule has 1 aromatic carbocycles. The molecule has 5 nitrogen and oxygen atoms in total. The van der Waals surface area contributed by atoms with Crippen molar-refractivity contribution in [2.45, 2.75) is 13.8 Å². The van der Waals surface area contributed by atoms with Crippen LogP contribution in [0.2, 0.25) is 0 Å². The first-order valence-corrected chi connectivity index (χ1v) is 6.06. The molecule has 1 aliphatic heterocycles. The minimum absolute atomic E-state index is 0.185. The second-order valence-corrected chi connectivity index (χ2v) is 4.63. The van der Waals surface area contributed by atoms with E-state index >= 15 is 0 Å². The molecule has 0 saturated heterocycles. The van der Waals surface area contributed by atoms with Gasteiger partial charge in [0.2, 0.25) is 0 Å². The van der Waals surface area contributed by atoms with Gasteiger partial charge in [-0.3, -0.25) is 4.79 Å². The zero-order chi connectivity index (χ0) is 14.3. The summed E-state index contributed by atoms with van der Waals surface area (Å²) in [6.07, 6.45) is 2.79. The van der Waals surface area contributed by atoms with Crippen LogP contribution in [0, 0.1) is 6.92 Å². The fraction of sp³-hybridized carbons (Fsp3) is 0.133. The molecule has 2 aromatic rings. The number of carbonyl (C=O) groups is 1. The highest BCUT2D eigenvalue weighted by atomic mass is 16.7. The van der Waals surface area contributed by atoms with E-state index in [4.69, 9.17) is 4.42 Å². The van der Waals surface area contributed by atoms with E-state index in [0.717, 1.165) is 5.56 Å². The van der Waals surface area contributed by atoms with Crippen LogP contribution in [0.15, 0.2) is 44.4 Å². The SMILES string of the molecule is CC1=NOC(=O)/C1=C\c1coc2ccc(C)cc2c1=O. The second-order valence-electron chi connectivity index (χ2n) is 4.63. The Kier molecular flexibility index (Phi) is 2.75. The highest BCUT2D eigenvalue weighted by molar-refractivity contribution is 6.24. The Hall–Kier alpha value is -2.69. The van der Waals surface area contributed by atoms with Crippen LogP contribution < -0.4 is 5.43 Å². The van der Waals surface area contributed by atoms with Crippen LogP contribution in [0.25, 0.3) is 17.0 Å². The summed E-state index contributed by atoms with van der Waals surface area (Å²) in [6.45, 7) is 3.54. The molecule has 0 spiro atoms. The van der Waals surface area contributed by atoms with Gasteiger partial charge >= 0.3 is 5.97 Å². The lowest BCUT2D eigenvalue weighted by Gasteiger charge is -2.00. The van der Waals surface area contributed by atoms with E-state index in [-0.39, 0.29) is 11.0 Å². The van der Waals surface area contributed by atoms with Crippen LogP contribution >= 0.6 is 0 Å². The lowest BCUT2D eigenvalue weighted by Crippen LogP contribution is -2.08. The maximum absolute atomic E-state index is 12.4. The Morgan fingerprint density at radius 2 is 2.00 bits per heavy atom. The van der Waals surface area contributed by atoms with E-state index in [9.17, 15) is 9.59 Å². The smallest absolute Gasteiger partial charge is 0.367 e. The molecule has 0 radical (unpaired) electrons. The first kappa shape index (κ1) is 12.3. The monoisotopic (exact) mass is 269 g/mol. The maximum atomic E-state index is 12.4. The summed E-state index contributed by atoms with van der Waals surface area (Å²) in [5.74, 6) is -0.564. The molecule has 0 bridgehead atoms. The number of hydrogen-bond acceptors (Lipinski definition) is 5. The van der Waals surface area contributed by atoms with Crippen molar-refractivity contribution in [1.82, 2.24) is 0 Å². The van der Waals surface area contributed by atoms with Gasteiger partial charge in [0.15, 0.2) is 5.43 Å². The zero-order valence-electron chi connectivity index (χ0n) is 11.0. The molecule has 0 saturated carbocycles. The van der Waals surface area contributed by atoms with Gasteiger partial charge in [0.25, 0.3) is 0 Å². The van der Waals surface area contributed by atoms with Crippen molar-refractivity contribution in [3.63, 3.8) is 0 Å². The quantitative estimate of drug-likeness (QED) is 0.589. The molecule has 20 heavy (non-hydrogen) atoms. The summed E-state index contributed by atoms with van der Waals surface area (Å²) in [5.41, 5.74) is 2.30. The zero-order valence-corrected chi connectivity index (χ0v) is 11.0. The summed E-state index contributed by atoms with van der Waals surface area (Å²) in [5, 5.41) is 4.05. The Morgan fingerprint density at radius 1 is 1.20 bits per heavy atom. The van der Waals surface area contributed by atoms with Crippen molar-refractivity contribution in [1.29, 1.82) is 0 Å². The molecule has 0 atom stereocenters. The van der Waals surface area contributed by atoms with Crippen molar-refractivity contribution in [3.05, 3.63) is 51.4 Å². The summed E-state index contributed by atoms with van der Waals surface area (Å²) in [6, 6.07) is 5.38. The lowest BCUT2D eigenvalue weighted by molar-refractivity contribution is -0.136. The predicted molar refractivity (Wildman–Crippen MR) is 74.4 cm³/mol. The third-order valence-corrected chi connectivity index (χ3v) is 3.13. The van der Waals surface area contributed by atoms with Crippen molar-refractivity contribution in [2.75, 3.05) is 0 Å². The summed E-state index contributed by atoms with van der Waals surface area (Å²) < 4.78 is 5.42. The predicted octanol–water partition coefficient (Wildman–Crippen LogP) is 2.42. The van der Waals surface area contributed by atoms with E-state index in [2.05, 4.69) is 9.99 Å². The van der Waals surface area contributed by atoms with Crippen molar-refractivity contribution >= 4 is 28.7 Å². The fourth-order valence-electron chi connectivity index (χ4n) is 2.03. The maximum Gasteiger partial charge on any atom is 0.367 e. The average Bonchev–Trinajstić information content (AvgIpc) is 2.74. The van der Waals surface area contributed by atoms with E-state index in [0.29, 0.717) is 22.2 Å². The number of oxime groups is 1. The summed E-state index contributed by atoms with van der Waals surface area (Å²) in [4.78, 5) is 28.4. The Balaban J connectivity index is 2.21. The van der Waals surface area contributed by atoms with Crippen LogP contribution in [0.4, 0.5) is 0 Å². The van der Waals surface area contributed by atoms with E-state index < -0.39 is 5.97 Å². The number of rotatable bonds is 1. The van der Waals surface area contributed by atoms with Gasteiger partial charge < -0.3 is 9.25 Å². The Bertz CT molecular complexity index is 843. The number of fused-ring (bicyclic) bond motifs is 1. The highest BCUT2D eigenvalue weighted by Crippen LogP contribution is 2.17. The van der Waals surface area contributed by atoms with Crippen molar-refractivity contribution in [2.24, 2.45) is 5.16 Å². The topological polar surface area (TPSA) is 68.9 Å². The normalized spacial score (nSPS) is 16.6. The van der Waals surface area contributed by atoms with Crippen LogP contribution in [0.5, 0.6) is 0 Å². The molecular formula is C15H11NO4. The molecule has 0 amide bonds. The van der Waals surface area contributed by atoms with Gasteiger partial charge in [-0.2, -0.15) is 0 Å². The molecule has 1 aliphatic rings. The van der Waals surface area contributed by atoms with E-state index in [1.807, 2.05) is 13.0 Å². The Morgan fingerprint density at radius 3 is 2.70 bits per heavy atom. The first-order chi connectivity index (χ1) is 9.56. The van der Waals surface area contributed by atoms with Gasteiger partial charge in [0.1, 0.15) is 11.8 Å². The highest BCUT2D eigenvalue weighted by Gasteiger charge is 2.22. The van der Waals surface area contributed by atoms with Crippen LogP contribution in [-0.4, -0.2) is 11.7 Å². The largest absolute Gasteiger partial charge is 0.463 e. The molecule has 3 rings (SSSR count). The molecule has 0 aliphatic carbocycles. The number of hydrogen-bond donors (Lipinski definition) is 0. The van der Waals surface area contributed by atoms with Gasteiger partial charge in [0.05, 0.1) is 22.2 Å². The molecule has 5 heteroatoms. The lowest BCUT2D eigenvalue weighted by atomic mass is 10.1. The standard InChI is InChI=1S/C15H11NO4/c1-8-3-4-13-12(5-8)14(17)10(7-19-13)6-11-9(2)16-20-15(11)18/h3-7H,1-2H3/b11-6-. The molecule has 1 aromatic heterocycles. The van der Waals surface area contributed by atoms with Gasteiger partial charge in [0, 0.05) is 0 Å². The minimum atomic E-state index is -0.564. The van der Waals surface area contributed by atoms with Gasteiger partial charge in [-0.25, -0.2) is 4.79 Å². The van der Waals surface area contributed by atoms with Gasteiger partial charge in [-0.05, 0) is 32.1 Å². The minimum Gasteiger partial charge on any atom is -0.463 e. The molecule has 100 valence electrons. The van der Waals surface area contributed by atoms with E-state index in [1.165, 1.54) is 12.3 Å². The molecule has 0 unspecified atom stereocenters. The fourth-order valence-corrected chi connectivity index (χ4v) is 2.03. The number of aryl methyl sites for hydroxylation is 1. The van der Waals surface area contributed by atoms with E-state index in [1.54, 1.807) is 19.1 Å². The third kappa shape index (κ3) is 1.93. The van der Waals surface area contributed by atoms with Crippen LogP contribution in [-0.2, 0) is 9.63 Å². The third-order valence-electron chi connectivity index (χ3n) is 3.13. The second kappa shape index (κ2) is 4.45. The number of carbonyl (C=O) groups excluding carboxylic acids is 1. The average molecular weight is 269 g/mol. The van der Waals surface area contributed by atoms with Gasteiger partial charge in [-0.1, -0.05) is 16.8 Å². The van der Waals surface area contributed by atoms with Crippen LogP contribution in [0.3, 0.4) is 0 Å². The first-order valence-electron chi connectivity index (χ1n) is 6.06. The Labute approximate surface area is 114 Å². The molecular weight excluding hydrogens is 258 g/mol. The summed E-state index contributed by atoms with van der Waals surface area (Å²) in [7, 11) is 0. The number of nitrogens with zero attached hydrogens (tertiary/aromatic N) is 1.